The molecule has 0 bridgehead atoms. The van der Waals surface area contributed by atoms with Crippen molar-refractivity contribution in [1.29, 1.82) is 0 Å². The Bertz CT molecular complexity index is 415. The molecule has 1 aromatic rings. The summed E-state index contributed by atoms with van der Waals surface area (Å²) < 4.78 is 19.5. The molecule has 0 unspecified atom stereocenters. The first-order chi connectivity index (χ1) is 8.56. The van der Waals surface area contributed by atoms with Crippen LogP contribution in [-0.2, 0) is 9.53 Å². The molecule has 100 valence electrons. The molecule has 0 fully saturated rings. The molecule has 0 aliphatic rings. The predicted molar refractivity (Wildman–Crippen MR) is 70.5 cm³/mol. The molecule has 1 rings (SSSR count). The SMILES string of the molecule is CCOCCN[C@H](C(N)=O)c1ccc(Br)cc1F. The van der Waals surface area contributed by atoms with Crippen LogP contribution in [0, 0.1) is 5.82 Å². The smallest absolute Gasteiger partial charge is 0.239 e. The molecule has 0 aliphatic carbocycles. The van der Waals surface area contributed by atoms with E-state index in [0.717, 1.165) is 0 Å². The van der Waals surface area contributed by atoms with Gasteiger partial charge in [0.2, 0.25) is 5.91 Å². The van der Waals surface area contributed by atoms with Gasteiger partial charge in [0.1, 0.15) is 11.9 Å². The highest BCUT2D eigenvalue weighted by atomic mass is 79.9. The predicted octanol–water partition coefficient (Wildman–Crippen LogP) is 1.74. The molecule has 0 aromatic heterocycles. The Hall–Kier alpha value is -0.980. The Balaban J connectivity index is 2.75. The van der Waals surface area contributed by atoms with Gasteiger partial charge in [-0.05, 0) is 19.1 Å². The van der Waals surface area contributed by atoms with E-state index in [1.54, 1.807) is 6.07 Å². The lowest BCUT2D eigenvalue weighted by molar-refractivity contribution is -0.120. The number of carbonyl (C=O) groups excluding carboxylic acids is 1. The van der Waals surface area contributed by atoms with Gasteiger partial charge in [-0.1, -0.05) is 22.0 Å². The fourth-order valence-electron chi connectivity index (χ4n) is 1.52. The standard InChI is InChI=1S/C12H16BrFN2O2/c1-2-18-6-5-16-11(12(15)17)9-4-3-8(13)7-10(9)14/h3-4,7,11,16H,2,5-6H2,1H3,(H2,15,17)/t11-/m0/s1. The Labute approximate surface area is 114 Å². The van der Waals surface area contributed by atoms with E-state index in [2.05, 4.69) is 21.2 Å². The molecule has 1 atom stereocenters. The molecule has 0 saturated heterocycles. The fraction of sp³-hybridized carbons (Fsp3) is 0.417. The third-order valence-electron chi connectivity index (χ3n) is 2.36. The van der Waals surface area contributed by atoms with Gasteiger partial charge in [-0.25, -0.2) is 4.39 Å². The van der Waals surface area contributed by atoms with Gasteiger partial charge >= 0.3 is 0 Å². The molecule has 0 radical (unpaired) electrons. The highest BCUT2D eigenvalue weighted by Gasteiger charge is 2.20. The van der Waals surface area contributed by atoms with Gasteiger partial charge in [-0.3, -0.25) is 10.1 Å². The first kappa shape index (κ1) is 15.1. The maximum absolute atomic E-state index is 13.7. The van der Waals surface area contributed by atoms with Crippen LogP contribution >= 0.6 is 15.9 Å². The highest BCUT2D eigenvalue weighted by molar-refractivity contribution is 9.10. The Kier molecular flexibility index (Phi) is 6.24. The number of hydrogen-bond donors (Lipinski definition) is 2. The lowest BCUT2D eigenvalue weighted by Gasteiger charge is -2.16. The summed E-state index contributed by atoms with van der Waals surface area (Å²) in [5, 5.41) is 2.88. The number of nitrogens with one attached hydrogen (secondary N) is 1. The summed E-state index contributed by atoms with van der Waals surface area (Å²) in [6.45, 7) is 3.34. The minimum Gasteiger partial charge on any atom is -0.380 e. The van der Waals surface area contributed by atoms with Crippen LogP contribution in [0.2, 0.25) is 0 Å². The zero-order valence-electron chi connectivity index (χ0n) is 10.1. The molecule has 0 spiro atoms. The van der Waals surface area contributed by atoms with Crippen LogP contribution < -0.4 is 11.1 Å². The van der Waals surface area contributed by atoms with Crippen LogP contribution in [0.3, 0.4) is 0 Å². The topological polar surface area (TPSA) is 64.3 Å². The quantitative estimate of drug-likeness (QED) is 0.753. The minimum absolute atomic E-state index is 0.238. The molecule has 1 amide bonds. The van der Waals surface area contributed by atoms with Crippen molar-refractivity contribution < 1.29 is 13.9 Å². The lowest BCUT2D eigenvalue weighted by Crippen LogP contribution is -2.36. The molecule has 0 aliphatic heterocycles. The number of ether oxygens (including phenoxy) is 1. The van der Waals surface area contributed by atoms with Crippen LogP contribution in [0.25, 0.3) is 0 Å². The summed E-state index contributed by atoms with van der Waals surface area (Å²) in [5.74, 6) is -1.09. The monoisotopic (exact) mass is 318 g/mol. The van der Waals surface area contributed by atoms with Crippen LogP contribution in [-0.4, -0.2) is 25.7 Å². The number of benzene rings is 1. The first-order valence-corrected chi connectivity index (χ1v) is 6.41. The van der Waals surface area contributed by atoms with Gasteiger partial charge in [0.05, 0.1) is 6.61 Å². The van der Waals surface area contributed by atoms with Crippen molar-refractivity contribution >= 4 is 21.8 Å². The summed E-state index contributed by atoms with van der Waals surface area (Å²) in [6, 6.07) is 3.65. The zero-order chi connectivity index (χ0) is 13.5. The molecule has 3 N–H and O–H groups in total. The summed E-state index contributed by atoms with van der Waals surface area (Å²) in [4.78, 5) is 11.3. The van der Waals surface area contributed by atoms with Gasteiger partial charge in [-0.15, -0.1) is 0 Å². The first-order valence-electron chi connectivity index (χ1n) is 5.61. The normalized spacial score (nSPS) is 12.4. The summed E-state index contributed by atoms with van der Waals surface area (Å²) >= 11 is 3.16. The van der Waals surface area contributed by atoms with E-state index in [1.807, 2.05) is 6.92 Å². The van der Waals surface area contributed by atoms with E-state index in [-0.39, 0.29) is 5.56 Å². The second-order valence-electron chi connectivity index (χ2n) is 3.65. The average Bonchev–Trinajstić information content (AvgIpc) is 2.30. The Morgan fingerprint density at radius 1 is 1.61 bits per heavy atom. The van der Waals surface area contributed by atoms with Gasteiger partial charge in [0.25, 0.3) is 0 Å². The van der Waals surface area contributed by atoms with E-state index in [9.17, 15) is 9.18 Å². The van der Waals surface area contributed by atoms with E-state index < -0.39 is 17.8 Å². The average molecular weight is 319 g/mol. The van der Waals surface area contributed by atoms with Crippen molar-refractivity contribution in [3.05, 3.63) is 34.1 Å². The third kappa shape index (κ3) is 4.36. The number of hydrogen-bond acceptors (Lipinski definition) is 3. The fourth-order valence-corrected chi connectivity index (χ4v) is 1.85. The molecule has 4 nitrogen and oxygen atoms in total. The number of primary amides is 1. The van der Waals surface area contributed by atoms with Crippen LogP contribution in [0.15, 0.2) is 22.7 Å². The third-order valence-corrected chi connectivity index (χ3v) is 2.85. The van der Waals surface area contributed by atoms with E-state index in [4.69, 9.17) is 10.5 Å². The van der Waals surface area contributed by atoms with Crippen LogP contribution in [0.1, 0.15) is 18.5 Å². The molecule has 1 aromatic carbocycles. The second kappa shape index (κ2) is 7.45. The number of rotatable bonds is 7. The molecule has 18 heavy (non-hydrogen) atoms. The Morgan fingerprint density at radius 3 is 2.89 bits per heavy atom. The molecule has 0 saturated carbocycles. The maximum Gasteiger partial charge on any atom is 0.239 e. The van der Waals surface area contributed by atoms with Crippen LogP contribution in [0.4, 0.5) is 4.39 Å². The number of amides is 1. The van der Waals surface area contributed by atoms with Gasteiger partial charge < -0.3 is 10.5 Å². The maximum atomic E-state index is 13.7. The minimum atomic E-state index is -0.849. The van der Waals surface area contributed by atoms with Gasteiger partial charge in [0.15, 0.2) is 0 Å². The molecule has 0 heterocycles. The van der Waals surface area contributed by atoms with Crippen molar-refractivity contribution in [2.75, 3.05) is 19.8 Å². The van der Waals surface area contributed by atoms with Crippen molar-refractivity contribution in [1.82, 2.24) is 5.32 Å². The second-order valence-corrected chi connectivity index (χ2v) is 4.57. The number of carbonyl (C=O) groups is 1. The number of halogens is 2. The van der Waals surface area contributed by atoms with E-state index >= 15 is 0 Å². The molecule has 6 heteroatoms. The van der Waals surface area contributed by atoms with Gasteiger partial charge in [0, 0.05) is 23.2 Å². The van der Waals surface area contributed by atoms with E-state index in [0.29, 0.717) is 24.2 Å². The largest absolute Gasteiger partial charge is 0.380 e. The lowest BCUT2D eigenvalue weighted by atomic mass is 10.1. The van der Waals surface area contributed by atoms with Crippen molar-refractivity contribution in [3.8, 4) is 0 Å². The van der Waals surface area contributed by atoms with Crippen molar-refractivity contribution in [2.45, 2.75) is 13.0 Å². The Morgan fingerprint density at radius 2 is 2.33 bits per heavy atom. The van der Waals surface area contributed by atoms with Crippen molar-refractivity contribution in [2.24, 2.45) is 5.73 Å². The zero-order valence-corrected chi connectivity index (χ0v) is 11.7. The van der Waals surface area contributed by atoms with Gasteiger partial charge in [-0.2, -0.15) is 0 Å². The highest BCUT2D eigenvalue weighted by Crippen LogP contribution is 2.20. The number of nitrogens with two attached hydrogens (primary N) is 1. The summed E-state index contributed by atoms with van der Waals surface area (Å²) in [7, 11) is 0. The molecular weight excluding hydrogens is 303 g/mol. The van der Waals surface area contributed by atoms with Crippen molar-refractivity contribution in [3.63, 3.8) is 0 Å². The summed E-state index contributed by atoms with van der Waals surface area (Å²) in [5.41, 5.74) is 5.51. The molecular formula is C12H16BrFN2O2. The van der Waals surface area contributed by atoms with Crippen LogP contribution in [0.5, 0.6) is 0 Å². The summed E-state index contributed by atoms with van der Waals surface area (Å²) in [6.07, 6.45) is 0. The van der Waals surface area contributed by atoms with E-state index in [1.165, 1.54) is 12.1 Å².